The van der Waals surface area contributed by atoms with Crippen LogP contribution in [0.15, 0.2) is 42.5 Å². The van der Waals surface area contributed by atoms with Gasteiger partial charge in [-0.3, -0.25) is 9.59 Å². The first-order chi connectivity index (χ1) is 20.7. The Morgan fingerprint density at radius 1 is 1.05 bits per heavy atom. The molecule has 3 aliphatic rings. The van der Waals surface area contributed by atoms with E-state index in [1.807, 2.05) is 23.1 Å². The SMILES string of the molecule is CC(=O)N1CCC(C(=O)N2CCC(NCc3cc(-n4nnnc4C(F)(F)F)cc4c3OCC4)C(c3ccccc3)C2)CC1. The highest BCUT2D eigenvalue weighted by atomic mass is 19.4. The summed E-state index contributed by atoms with van der Waals surface area (Å²) in [6, 6.07) is 13.4. The van der Waals surface area contributed by atoms with E-state index in [1.165, 1.54) is 0 Å². The van der Waals surface area contributed by atoms with E-state index < -0.39 is 12.0 Å². The van der Waals surface area contributed by atoms with Crippen LogP contribution in [-0.2, 0) is 28.7 Å². The van der Waals surface area contributed by atoms with Crippen molar-refractivity contribution in [1.82, 2.24) is 35.3 Å². The number of nitrogens with one attached hydrogen (secondary N) is 1. The predicted octanol–water partition coefficient (Wildman–Crippen LogP) is 3.35. The topological polar surface area (TPSA) is 105 Å². The molecule has 2 saturated heterocycles. The van der Waals surface area contributed by atoms with Gasteiger partial charge in [0.15, 0.2) is 0 Å². The van der Waals surface area contributed by atoms with Crippen molar-refractivity contribution in [2.75, 3.05) is 32.8 Å². The van der Waals surface area contributed by atoms with Gasteiger partial charge in [0.1, 0.15) is 5.75 Å². The molecule has 1 N–H and O–H groups in total. The molecule has 43 heavy (non-hydrogen) atoms. The van der Waals surface area contributed by atoms with Gasteiger partial charge in [-0.2, -0.15) is 17.9 Å². The maximum atomic E-state index is 13.6. The van der Waals surface area contributed by atoms with E-state index in [9.17, 15) is 22.8 Å². The summed E-state index contributed by atoms with van der Waals surface area (Å²) in [7, 11) is 0. The van der Waals surface area contributed by atoms with Gasteiger partial charge in [-0.1, -0.05) is 30.3 Å². The van der Waals surface area contributed by atoms with Crippen molar-refractivity contribution in [2.45, 2.75) is 57.3 Å². The molecule has 3 aromatic rings. The zero-order valence-corrected chi connectivity index (χ0v) is 23.9. The smallest absolute Gasteiger partial charge is 0.453 e. The van der Waals surface area contributed by atoms with Crippen LogP contribution >= 0.6 is 0 Å². The van der Waals surface area contributed by atoms with Crippen LogP contribution < -0.4 is 10.1 Å². The summed E-state index contributed by atoms with van der Waals surface area (Å²) < 4.78 is 47.3. The number of ether oxygens (including phenoxy) is 1. The molecule has 2 fully saturated rings. The summed E-state index contributed by atoms with van der Waals surface area (Å²) in [4.78, 5) is 29.0. The highest BCUT2D eigenvalue weighted by molar-refractivity contribution is 5.80. The fourth-order valence-corrected chi connectivity index (χ4v) is 6.54. The first-order valence-electron chi connectivity index (χ1n) is 14.7. The molecule has 3 aliphatic heterocycles. The number of hydrogen-bond donors (Lipinski definition) is 1. The first-order valence-corrected chi connectivity index (χ1v) is 14.7. The zero-order valence-electron chi connectivity index (χ0n) is 23.9. The van der Waals surface area contributed by atoms with Crippen molar-refractivity contribution in [3.8, 4) is 11.4 Å². The van der Waals surface area contributed by atoms with Gasteiger partial charge in [-0.15, -0.1) is 5.10 Å². The number of amides is 2. The molecule has 10 nitrogen and oxygen atoms in total. The van der Waals surface area contributed by atoms with Crippen LogP contribution in [0.25, 0.3) is 5.69 Å². The predicted molar refractivity (Wildman–Crippen MR) is 149 cm³/mol. The Balaban J connectivity index is 1.20. The number of carbonyl (C=O) groups is 2. The van der Waals surface area contributed by atoms with Crippen LogP contribution in [0.2, 0.25) is 0 Å². The summed E-state index contributed by atoms with van der Waals surface area (Å²) in [5.41, 5.74) is 2.89. The monoisotopic (exact) mass is 597 g/mol. The van der Waals surface area contributed by atoms with Gasteiger partial charge in [0.2, 0.25) is 11.8 Å². The molecule has 6 rings (SSSR count). The number of hydrogen-bond acceptors (Lipinski definition) is 7. The Morgan fingerprint density at radius 3 is 2.51 bits per heavy atom. The van der Waals surface area contributed by atoms with Crippen LogP contribution in [0, 0.1) is 5.92 Å². The second-order valence-electron chi connectivity index (χ2n) is 11.5. The van der Waals surface area contributed by atoms with Gasteiger partial charge < -0.3 is 19.9 Å². The summed E-state index contributed by atoms with van der Waals surface area (Å²) >= 11 is 0. The van der Waals surface area contributed by atoms with Gasteiger partial charge >= 0.3 is 6.18 Å². The van der Waals surface area contributed by atoms with Gasteiger partial charge in [-0.25, -0.2) is 0 Å². The molecule has 2 aromatic carbocycles. The van der Waals surface area contributed by atoms with Crippen molar-refractivity contribution in [2.24, 2.45) is 5.92 Å². The van der Waals surface area contributed by atoms with E-state index in [0.717, 1.165) is 21.4 Å². The Labute approximate surface area is 247 Å². The minimum absolute atomic E-state index is 0.0182. The normalized spacial score (nSPS) is 21.0. The number of tetrazole rings is 1. The molecule has 4 heterocycles. The minimum atomic E-state index is -4.70. The van der Waals surface area contributed by atoms with Crippen LogP contribution in [-0.4, -0.2) is 80.6 Å². The van der Waals surface area contributed by atoms with Gasteiger partial charge in [0.05, 0.1) is 12.3 Å². The molecule has 2 amide bonds. The number of benzene rings is 2. The highest BCUT2D eigenvalue weighted by Crippen LogP contribution is 2.36. The number of nitrogens with zero attached hydrogens (tertiary/aromatic N) is 6. The largest absolute Gasteiger partial charge is 0.493 e. The lowest BCUT2D eigenvalue weighted by molar-refractivity contribution is -0.146. The third kappa shape index (κ3) is 6.08. The molecule has 228 valence electrons. The number of fused-ring (bicyclic) bond motifs is 1. The van der Waals surface area contributed by atoms with E-state index >= 15 is 0 Å². The van der Waals surface area contributed by atoms with Gasteiger partial charge in [-0.05, 0) is 52.9 Å². The van der Waals surface area contributed by atoms with Crippen molar-refractivity contribution >= 4 is 11.8 Å². The molecule has 1 aromatic heterocycles. The van der Waals surface area contributed by atoms with E-state index in [-0.39, 0.29) is 35.4 Å². The summed E-state index contributed by atoms with van der Waals surface area (Å²) in [5, 5.41) is 13.7. The minimum Gasteiger partial charge on any atom is -0.493 e. The van der Waals surface area contributed by atoms with E-state index in [0.29, 0.717) is 70.8 Å². The average Bonchev–Trinajstić information content (AvgIpc) is 3.70. The standard InChI is InChI=1S/C30H34F3N7O3/c1-19(41)38-11-7-21(8-12-38)28(42)39-13-9-26(25(18-39)20-5-3-2-4-6-20)34-17-23-16-24(15-22-10-14-43-27(22)23)40-29(30(31,32)33)35-36-37-40/h2-6,15-16,21,25-26,34H,7-14,17-18H2,1H3. The van der Waals surface area contributed by atoms with Crippen LogP contribution in [0.1, 0.15) is 54.6 Å². The Morgan fingerprint density at radius 2 is 1.79 bits per heavy atom. The third-order valence-electron chi connectivity index (χ3n) is 8.81. The fourth-order valence-electron chi connectivity index (χ4n) is 6.54. The molecule has 2 unspecified atom stereocenters. The molecule has 0 radical (unpaired) electrons. The number of piperidine rings is 2. The molecule has 0 aliphatic carbocycles. The summed E-state index contributed by atoms with van der Waals surface area (Å²) in [5.74, 6) is -0.390. The number of carbonyl (C=O) groups excluding carboxylic acids is 2. The molecule has 0 spiro atoms. The van der Waals surface area contributed by atoms with E-state index in [1.54, 1.807) is 24.0 Å². The maximum Gasteiger partial charge on any atom is 0.453 e. The van der Waals surface area contributed by atoms with Crippen LogP contribution in [0.5, 0.6) is 5.75 Å². The number of rotatable bonds is 6. The highest BCUT2D eigenvalue weighted by Gasteiger charge is 2.39. The molecule has 13 heteroatoms. The Bertz CT molecular complexity index is 1470. The summed E-state index contributed by atoms with van der Waals surface area (Å²) in [6.45, 7) is 4.74. The lowest BCUT2D eigenvalue weighted by Gasteiger charge is -2.42. The molecule has 0 bridgehead atoms. The Hall–Kier alpha value is -4.00. The zero-order chi connectivity index (χ0) is 30.1. The quantitative estimate of drug-likeness (QED) is 0.465. The lowest BCUT2D eigenvalue weighted by atomic mass is 9.84. The van der Waals surface area contributed by atoms with Gasteiger partial charge in [0, 0.05) is 69.5 Å². The second kappa shape index (κ2) is 11.9. The average molecular weight is 598 g/mol. The van der Waals surface area contributed by atoms with Crippen molar-refractivity contribution in [3.05, 3.63) is 65.0 Å². The Kier molecular flexibility index (Phi) is 8.08. The number of halogens is 3. The second-order valence-corrected chi connectivity index (χ2v) is 11.5. The van der Waals surface area contributed by atoms with Crippen molar-refractivity contribution < 1.29 is 27.5 Å². The van der Waals surface area contributed by atoms with Crippen LogP contribution in [0.4, 0.5) is 13.2 Å². The molecule has 2 atom stereocenters. The summed E-state index contributed by atoms with van der Waals surface area (Å²) in [6.07, 6.45) is -2.06. The van der Waals surface area contributed by atoms with Crippen molar-refractivity contribution in [1.29, 1.82) is 0 Å². The number of alkyl halides is 3. The van der Waals surface area contributed by atoms with Crippen LogP contribution in [0.3, 0.4) is 0 Å². The fraction of sp³-hybridized carbons (Fsp3) is 0.500. The lowest BCUT2D eigenvalue weighted by Crippen LogP contribution is -2.52. The molecule has 0 saturated carbocycles. The number of likely N-dealkylation sites (tertiary alicyclic amines) is 2. The number of aromatic nitrogens is 4. The van der Waals surface area contributed by atoms with Crippen molar-refractivity contribution in [3.63, 3.8) is 0 Å². The molecular weight excluding hydrogens is 563 g/mol. The van der Waals surface area contributed by atoms with E-state index in [4.69, 9.17) is 4.74 Å². The third-order valence-corrected chi connectivity index (χ3v) is 8.81. The van der Waals surface area contributed by atoms with Gasteiger partial charge in [0.25, 0.3) is 5.82 Å². The first kappa shape index (κ1) is 29.1. The molecular formula is C30H34F3N7O3. The van der Waals surface area contributed by atoms with E-state index in [2.05, 4.69) is 33.0 Å². The maximum absolute atomic E-state index is 13.6.